The van der Waals surface area contributed by atoms with Gasteiger partial charge in [-0.25, -0.2) is 4.98 Å². The van der Waals surface area contributed by atoms with Crippen molar-refractivity contribution in [1.82, 2.24) is 9.55 Å². The number of imidazole rings is 1. The molecule has 1 amide bonds. The number of nitrogens with zero attached hydrogens (tertiary/aromatic N) is 2. The molecular formula is C32H32F6N4O3. The predicted octanol–water partition coefficient (Wildman–Crippen LogP) is 9.10. The molecule has 4 aromatic rings. The van der Waals surface area contributed by atoms with Crippen molar-refractivity contribution in [2.24, 2.45) is 11.3 Å². The van der Waals surface area contributed by atoms with Crippen LogP contribution in [0.15, 0.2) is 66.7 Å². The summed E-state index contributed by atoms with van der Waals surface area (Å²) in [7, 11) is 0. The van der Waals surface area contributed by atoms with Crippen LogP contribution in [0.2, 0.25) is 0 Å². The molecule has 2 atom stereocenters. The third kappa shape index (κ3) is 8.20. The fraction of sp³-hybridized carbons (Fsp3) is 0.375. The Morgan fingerprint density at radius 2 is 1.67 bits per heavy atom. The van der Waals surface area contributed by atoms with Crippen molar-refractivity contribution in [2.75, 3.05) is 17.2 Å². The van der Waals surface area contributed by atoms with Crippen LogP contribution in [0, 0.1) is 11.3 Å². The number of carbonyl (C=O) groups is 1. The van der Waals surface area contributed by atoms with Crippen LogP contribution in [-0.4, -0.2) is 28.4 Å². The summed E-state index contributed by atoms with van der Waals surface area (Å²) in [5, 5.41) is 5.64. The largest absolute Gasteiger partial charge is 0.573 e. The highest BCUT2D eigenvalue weighted by molar-refractivity contribution is 5.92. The molecule has 1 aliphatic rings. The lowest BCUT2D eigenvalue weighted by Crippen LogP contribution is -2.29. The molecule has 2 N–H and O–H groups in total. The number of fused-ring (bicyclic) bond motifs is 1. The van der Waals surface area contributed by atoms with Gasteiger partial charge in [0.2, 0.25) is 5.95 Å². The summed E-state index contributed by atoms with van der Waals surface area (Å²) >= 11 is 0. The lowest BCUT2D eigenvalue weighted by atomic mass is 9.70. The smallest absolute Gasteiger partial charge is 0.484 e. The van der Waals surface area contributed by atoms with Crippen molar-refractivity contribution >= 4 is 34.3 Å². The highest BCUT2D eigenvalue weighted by atomic mass is 19.4. The maximum Gasteiger partial charge on any atom is 0.573 e. The van der Waals surface area contributed by atoms with E-state index in [4.69, 9.17) is 9.72 Å². The molecule has 0 radical (unpaired) electrons. The van der Waals surface area contributed by atoms with Gasteiger partial charge in [0.25, 0.3) is 5.91 Å². The van der Waals surface area contributed by atoms with Gasteiger partial charge >= 0.3 is 12.5 Å². The van der Waals surface area contributed by atoms with Gasteiger partial charge in [-0.15, -0.1) is 13.2 Å². The number of nitrogens with one attached hydrogen (secondary N) is 2. The van der Waals surface area contributed by atoms with Gasteiger partial charge in [-0.1, -0.05) is 26.8 Å². The number of halogens is 6. The Labute approximate surface area is 255 Å². The van der Waals surface area contributed by atoms with E-state index in [1.165, 1.54) is 36.4 Å². The minimum Gasteiger partial charge on any atom is -0.484 e. The van der Waals surface area contributed by atoms with Crippen molar-refractivity contribution in [3.05, 3.63) is 72.3 Å². The van der Waals surface area contributed by atoms with Crippen LogP contribution < -0.4 is 20.1 Å². The molecule has 0 unspecified atom stereocenters. The molecule has 45 heavy (non-hydrogen) atoms. The monoisotopic (exact) mass is 634 g/mol. The summed E-state index contributed by atoms with van der Waals surface area (Å²) in [6.07, 6.45) is -6.49. The van der Waals surface area contributed by atoms with Crippen LogP contribution >= 0.6 is 0 Å². The number of carbonyl (C=O) groups excluding carboxylic acids is 1. The van der Waals surface area contributed by atoms with Crippen LogP contribution in [-0.2, 0) is 11.0 Å². The van der Waals surface area contributed by atoms with E-state index < -0.39 is 30.6 Å². The number of anilines is 3. The van der Waals surface area contributed by atoms with Crippen molar-refractivity contribution in [3.63, 3.8) is 0 Å². The van der Waals surface area contributed by atoms with Crippen molar-refractivity contribution in [3.8, 4) is 11.5 Å². The van der Waals surface area contributed by atoms with Crippen molar-refractivity contribution in [1.29, 1.82) is 0 Å². The normalized spacial score (nSPS) is 18.4. The lowest BCUT2D eigenvalue weighted by Gasteiger charge is -2.40. The number of alkyl halides is 6. The van der Waals surface area contributed by atoms with Gasteiger partial charge in [0.1, 0.15) is 11.5 Å². The van der Waals surface area contributed by atoms with E-state index in [9.17, 15) is 31.1 Å². The number of hydrogen-bond acceptors (Lipinski definition) is 5. The first kappa shape index (κ1) is 32.0. The van der Waals surface area contributed by atoms with E-state index in [-0.39, 0.29) is 22.9 Å². The number of aromatic nitrogens is 2. The van der Waals surface area contributed by atoms with Gasteiger partial charge in [-0.3, -0.25) is 4.79 Å². The van der Waals surface area contributed by atoms with Crippen molar-refractivity contribution in [2.45, 2.75) is 58.6 Å². The van der Waals surface area contributed by atoms with Gasteiger partial charge in [0.05, 0.1) is 16.6 Å². The molecule has 7 nitrogen and oxygen atoms in total. The standard InChI is InChI=1S/C32H32F6N4O3/c1-19-13-23(17-30(2,3)16-19)42-27-12-11-25(44-18-28(43)39-22-6-4-5-20(14-22)31(33,34)35)15-26(27)41-29(42)40-21-7-9-24(10-8-21)45-32(36,37)38/h4-12,14-15,19,23H,13,16-18H2,1-3H3,(H,39,43)(H,40,41)/t19-,23-/m1/s1. The van der Waals surface area contributed by atoms with E-state index in [0.29, 0.717) is 28.8 Å². The quantitative estimate of drug-likeness (QED) is 0.189. The van der Waals surface area contributed by atoms with Gasteiger partial charge < -0.3 is 24.7 Å². The van der Waals surface area contributed by atoms with Crippen LogP contribution in [0.1, 0.15) is 51.6 Å². The minimum absolute atomic E-state index is 0.00836. The van der Waals surface area contributed by atoms with Gasteiger partial charge in [-0.05, 0) is 85.2 Å². The zero-order valence-corrected chi connectivity index (χ0v) is 24.7. The third-order valence-corrected chi connectivity index (χ3v) is 7.58. The molecule has 1 heterocycles. The summed E-state index contributed by atoms with van der Waals surface area (Å²) in [6.45, 7) is 6.19. The zero-order chi connectivity index (χ0) is 32.6. The first-order chi connectivity index (χ1) is 21.0. The second-order valence-corrected chi connectivity index (χ2v) is 12.1. The minimum atomic E-state index is -4.80. The fourth-order valence-corrected chi connectivity index (χ4v) is 6.11. The molecule has 13 heteroatoms. The zero-order valence-electron chi connectivity index (χ0n) is 24.7. The Hall–Kier alpha value is -4.42. The third-order valence-electron chi connectivity index (χ3n) is 7.58. The number of ether oxygens (including phenoxy) is 2. The summed E-state index contributed by atoms with van der Waals surface area (Å²) in [4.78, 5) is 17.2. The summed E-state index contributed by atoms with van der Waals surface area (Å²) < 4.78 is 88.6. The van der Waals surface area contributed by atoms with Gasteiger partial charge in [-0.2, -0.15) is 13.2 Å². The Kier molecular flexibility index (Phi) is 8.65. The van der Waals surface area contributed by atoms with E-state index in [1.54, 1.807) is 12.1 Å². The summed E-state index contributed by atoms with van der Waals surface area (Å²) in [5.74, 6) is 0.274. The molecule has 1 fully saturated rings. The van der Waals surface area contributed by atoms with Crippen LogP contribution in [0.25, 0.3) is 11.0 Å². The second-order valence-electron chi connectivity index (χ2n) is 12.1. The predicted molar refractivity (Wildman–Crippen MR) is 158 cm³/mol. The maximum atomic E-state index is 13.0. The fourth-order valence-electron chi connectivity index (χ4n) is 6.11. The number of rotatable bonds is 8. The Morgan fingerprint density at radius 3 is 2.33 bits per heavy atom. The lowest BCUT2D eigenvalue weighted by molar-refractivity contribution is -0.274. The first-order valence-corrected chi connectivity index (χ1v) is 14.3. The molecule has 1 aliphatic carbocycles. The van der Waals surface area contributed by atoms with Crippen molar-refractivity contribution < 1.29 is 40.6 Å². The molecule has 0 aliphatic heterocycles. The molecule has 1 saturated carbocycles. The van der Waals surface area contributed by atoms with Crippen LogP contribution in [0.3, 0.4) is 0 Å². The second kappa shape index (κ2) is 12.2. The molecule has 0 saturated heterocycles. The van der Waals surface area contributed by atoms with Crippen LogP contribution in [0.4, 0.5) is 43.7 Å². The van der Waals surface area contributed by atoms with Crippen LogP contribution in [0.5, 0.6) is 11.5 Å². The van der Waals surface area contributed by atoms with Gasteiger partial charge in [0.15, 0.2) is 6.61 Å². The maximum absolute atomic E-state index is 13.0. The average molecular weight is 635 g/mol. The van der Waals surface area contributed by atoms with E-state index in [2.05, 4.69) is 40.7 Å². The number of benzene rings is 3. The summed E-state index contributed by atoms with van der Waals surface area (Å²) in [6, 6.07) is 14.9. The first-order valence-electron chi connectivity index (χ1n) is 14.3. The summed E-state index contributed by atoms with van der Waals surface area (Å²) in [5.41, 5.74) is 1.04. The molecule has 1 aromatic heterocycles. The number of hydrogen-bond donors (Lipinski definition) is 2. The topological polar surface area (TPSA) is 77.4 Å². The highest BCUT2D eigenvalue weighted by Gasteiger charge is 2.35. The molecular weight excluding hydrogens is 602 g/mol. The average Bonchev–Trinajstić information content (AvgIpc) is 3.28. The van der Waals surface area contributed by atoms with E-state index in [1.807, 2.05) is 6.07 Å². The molecule has 3 aromatic carbocycles. The Morgan fingerprint density at radius 1 is 0.956 bits per heavy atom. The molecule has 240 valence electrons. The molecule has 0 bridgehead atoms. The molecule has 5 rings (SSSR count). The Balaban J connectivity index is 1.37. The van der Waals surface area contributed by atoms with E-state index in [0.717, 1.165) is 36.9 Å². The number of amides is 1. The molecule has 0 spiro atoms. The van der Waals surface area contributed by atoms with E-state index >= 15 is 0 Å². The highest BCUT2D eigenvalue weighted by Crippen LogP contribution is 2.46. The van der Waals surface area contributed by atoms with Gasteiger partial charge in [0, 0.05) is 23.5 Å². The Bertz CT molecular complexity index is 1660. The SMILES string of the molecule is C[C@@H]1C[C@@H](n2c(Nc3ccc(OC(F)(F)F)cc3)nc3cc(OCC(=O)Nc4cccc(C(F)(F)F)c4)ccc32)CC(C)(C)C1.